The first-order valence-electron chi connectivity index (χ1n) is 9.95. The van der Waals surface area contributed by atoms with Crippen LogP contribution in [-0.4, -0.2) is 29.9 Å². The van der Waals surface area contributed by atoms with Gasteiger partial charge in [0.1, 0.15) is 0 Å². The van der Waals surface area contributed by atoms with Crippen LogP contribution < -0.4 is 20.1 Å². The number of carbonyl (C=O) groups excluding carboxylic acids is 2. The number of nitrogens with one attached hydrogen (secondary N) is 2. The van der Waals surface area contributed by atoms with Crippen LogP contribution in [-0.2, 0) is 16.1 Å². The fraction of sp³-hybridized carbons (Fsp3) is 0.409. The molecule has 2 amide bonds. The summed E-state index contributed by atoms with van der Waals surface area (Å²) in [5.74, 6) is 2.25. The van der Waals surface area contributed by atoms with E-state index in [9.17, 15) is 9.59 Å². The van der Waals surface area contributed by atoms with Gasteiger partial charge in [0, 0.05) is 37.7 Å². The van der Waals surface area contributed by atoms with Gasteiger partial charge in [-0.05, 0) is 37.0 Å². The van der Waals surface area contributed by atoms with Gasteiger partial charge in [-0.2, -0.15) is 0 Å². The molecule has 7 heteroatoms. The molecule has 3 rings (SSSR count). The quantitative estimate of drug-likeness (QED) is 0.643. The highest BCUT2D eigenvalue weighted by Crippen LogP contribution is 2.37. The summed E-state index contributed by atoms with van der Waals surface area (Å²) in [6, 6.07) is 11.0. The first-order valence-corrected chi connectivity index (χ1v) is 9.95. The summed E-state index contributed by atoms with van der Waals surface area (Å²) in [5, 5.41) is 5.64. The number of para-hydroxylation sites is 2. The lowest BCUT2D eigenvalue weighted by Gasteiger charge is -2.11. The SMILES string of the molecule is CCOc1ccccc1Oc1ccc(CNC(=O)CCNC(=O)C2CC2C)cn1. The van der Waals surface area contributed by atoms with Gasteiger partial charge in [0.15, 0.2) is 11.5 Å². The van der Waals surface area contributed by atoms with Gasteiger partial charge in [-0.1, -0.05) is 25.1 Å². The van der Waals surface area contributed by atoms with Crippen LogP contribution in [0.25, 0.3) is 0 Å². The number of aromatic nitrogens is 1. The van der Waals surface area contributed by atoms with Crippen molar-refractivity contribution in [1.82, 2.24) is 15.6 Å². The largest absolute Gasteiger partial charge is 0.490 e. The van der Waals surface area contributed by atoms with E-state index in [-0.39, 0.29) is 24.2 Å². The molecule has 0 radical (unpaired) electrons. The highest BCUT2D eigenvalue weighted by atomic mass is 16.5. The fourth-order valence-electron chi connectivity index (χ4n) is 2.90. The van der Waals surface area contributed by atoms with E-state index >= 15 is 0 Å². The molecule has 0 aliphatic heterocycles. The topological polar surface area (TPSA) is 89.5 Å². The Labute approximate surface area is 170 Å². The molecule has 2 N–H and O–H groups in total. The normalized spacial score (nSPS) is 17.3. The van der Waals surface area contributed by atoms with Crippen molar-refractivity contribution in [2.45, 2.75) is 33.2 Å². The van der Waals surface area contributed by atoms with E-state index in [1.165, 1.54) is 0 Å². The summed E-state index contributed by atoms with van der Waals surface area (Å²) in [4.78, 5) is 27.9. The highest BCUT2D eigenvalue weighted by Gasteiger charge is 2.38. The van der Waals surface area contributed by atoms with Crippen LogP contribution in [0.2, 0.25) is 0 Å². The summed E-state index contributed by atoms with van der Waals surface area (Å²) in [5.41, 5.74) is 0.861. The minimum atomic E-state index is -0.111. The fourth-order valence-corrected chi connectivity index (χ4v) is 2.90. The van der Waals surface area contributed by atoms with Crippen molar-refractivity contribution in [3.63, 3.8) is 0 Å². The molecule has 0 spiro atoms. The standard InChI is InChI=1S/C22H27N3O4/c1-3-28-18-6-4-5-7-19(18)29-21-9-8-16(14-25-21)13-24-20(26)10-11-23-22(27)17-12-15(17)2/h4-9,14-15,17H,3,10-13H2,1-2H3,(H,23,27)(H,24,26). The third-order valence-corrected chi connectivity index (χ3v) is 4.75. The first kappa shape index (κ1) is 20.6. The number of rotatable bonds is 10. The van der Waals surface area contributed by atoms with Crippen LogP contribution in [0.5, 0.6) is 17.4 Å². The molecule has 154 valence electrons. The molecule has 7 nitrogen and oxygen atoms in total. The molecule has 1 aliphatic carbocycles. The number of carbonyl (C=O) groups is 2. The summed E-state index contributed by atoms with van der Waals surface area (Å²) >= 11 is 0. The zero-order valence-corrected chi connectivity index (χ0v) is 16.8. The van der Waals surface area contributed by atoms with Crippen molar-refractivity contribution < 1.29 is 19.1 Å². The maximum absolute atomic E-state index is 11.9. The highest BCUT2D eigenvalue weighted by molar-refractivity contribution is 5.82. The third-order valence-electron chi connectivity index (χ3n) is 4.75. The molecule has 2 aromatic rings. The Morgan fingerprint density at radius 2 is 1.90 bits per heavy atom. The second-order valence-corrected chi connectivity index (χ2v) is 7.12. The summed E-state index contributed by atoms with van der Waals surface area (Å²) < 4.78 is 11.3. The molecule has 29 heavy (non-hydrogen) atoms. The molecular weight excluding hydrogens is 370 g/mol. The number of nitrogens with zero attached hydrogens (tertiary/aromatic N) is 1. The van der Waals surface area contributed by atoms with E-state index < -0.39 is 0 Å². The Kier molecular flexibility index (Phi) is 7.05. The minimum Gasteiger partial charge on any atom is -0.490 e. The Morgan fingerprint density at radius 1 is 1.14 bits per heavy atom. The molecular formula is C22H27N3O4. The second-order valence-electron chi connectivity index (χ2n) is 7.12. The maximum Gasteiger partial charge on any atom is 0.223 e. The average Bonchev–Trinajstić information content (AvgIpc) is 3.46. The van der Waals surface area contributed by atoms with Crippen molar-refractivity contribution >= 4 is 11.8 Å². The molecule has 2 unspecified atom stereocenters. The number of ether oxygens (including phenoxy) is 2. The lowest BCUT2D eigenvalue weighted by atomic mass is 10.2. The van der Waals surface area contributed by atoms with E-state index in [0.29, 0.717) is 43.0 Å². The maximum atomic E-state index is 11.9. The Balaban J connectivity index is 1.41. The van der Waals surface area contributed by atoms with E-state index in [4.69, 9.17) is 9.47 Å². The number of benzene rings is 1. The number of hydrogen-bond donors (Lipinski definition) is 2. The average molecular weight is 397 g/mol. The monoisotopic (exact) mass is 397 g/mol. The predicted molar refractivity (Wildman–Crippen MR) is 109 cm³/mol. The zero-order chi connectivity index (χ0) is 20.6. The van der Waals surface area contributed by atoms with E-state index in [2.05, 4.69) is 22.5 Å². The van der Waals surface area contributed by atoms with E-state index in [1.807, 2.05) is 37.3 Å². The minimum absolute atomic E-state index is 0.0519. The lowest BCUT2D eigenvalue weighted by molar-refractivity contribution is -0.123. The molecule has 2 atom stereocenters. The summed E-state index contributed by atoms with van der Waals surface area (Å²) in [6.07, 6.45) is 2.87. The van der Waals surface area contributed by atoms with Crippen LogP contribution >= 0.6 is 0 Å². The molecule has 1 aliphatic rings. The van der Waals surface area contributed by atoms with Crippen LogP contribution in [0.3, 0.4) is 0 Å². The van der Waals surface area contributed by atoms with Crippen molar-refractivity contribution in [2.24, 2.45) is 11.8 Å². The van der Waals surface area contributed by atoms with Gasteiger partial charge in [-0.3, -0.25) is 9.59 Å². The summed E-state index contributed by atoms with van der Waals surface area (Å²) in [6.45, 7) is 5.25. The van der Waals surface area contributed by atoms with Crippen molar-refractivity contribution in [3.8, 4) is 17.4 Å². The van der Waals surface area contributed by atoms with Crippen molar-refractivity contribution in [3.05, 3.63) is 48.2 Å². The van der Waals surface area contributed by atoms with Gasteiger partial charge < -0.3 is 20.1 Å². The van der Waals surface area contributed by atoms with Gasteiger partial charge >= 0.3 is 0 Å². The van der Waals surface area contributed by atoms with Crippen LogP contribution in [0, 0.1) is 11.8 Å². The Hall–Kier alpha value is -3.09. The van der Waals surface area contributed by atoms with Gasteiger partial charge in [-0.25, -0.2) is 4.98 Å². The van der Waals surface area contributed by atoms with Gasteiger partial charge in [0.25, 0.3) is 0 Å². The Morgan fingerprint density at radius 3 is 2.55 bits per heavy atom. The number of hydrogen-bond acceptors (Lipinski definition) is 5. The van der Waals surface area contributed by atoms with Crippen LogP contribution in [0.15, 0.2) is 42.6 Å². The Bertz CT molecular complexity index is 838. The molecule has 0 bridgehead atoms. The number of pyridine rings is 1. The lowest BCUT2D eigenvalue weighted by Crippen LogP contribution is -2.31. The molecule has 0 saturated heterocycles. The van der Waals surface area contributed by atoms with Gasteiger partial charge in [0.2, 0.25) is 17.7 Å². The predicted octanol–water partition coefficient (Wildman–Crippen LogP) is 3.05. The van der Waals surface area contributed by atoms with Crippen molar-refractivity contribution in [2.75, 3.05) is 13.2 Å². The van der Waals surface area contributed by atoms with Crippen LogP contribution in [0.1, 0.15) is 32.3 Å². The zero-order valence-electron chi connectivity index (χ0n) is 16.8. The molecule has 1 saturated carbocycles. The second kappa shape index (κ2) is 9.91. The molecule has 1 fully saturated rings. The van der Waals surface area contributed by atoms with Gasteiger partial charge in [0.05, 0.1) is 6.61 Å². The van der Waals surface area contributed by atoms with Crippen LogP contribution in [0.4, 0.5) is 0 Å². The summed E-state index contributed by atoms with van der Waals surface area (Å²) in [7, 11) is 0. The third kappa shape index (κ3) is 6.20. The molecule has 1 heterocycles. The molecule has 1 aromatic heterocycles. The van der Waals surface area contributed by atoms with E-state index in [0.717, 1.165) is 12.0 Å². The van der Waals surface area contributed by atoms with E-state index in [1.54, 1.807) is 12.3 Å². The molecule has 1 aromatic carbocycles. The first-order chi connectivity index (χ1) is 14.1. The number of amides is 2. The van der Waals surface area contributed by atoms with Gasteiger partial charge in [-0.15, -0.1) is 0 Å². The van der Waals surface area contributed by atoms with Crippen molar-refractivity contribution in [1.29, 1.82) is 0 Å². The smallest absolute Gasteiger partial charge is 0.223 e.